The first-order valence-corrected chi connectivity index (χ1v) is 9.10. The molecule has 0 aromatic rings. The average Bonchev–Trinajstić information content (AvgIpc) is 2.48. The summed E-state index contributed by atoms with van der Waals surface area (Å²) in [6, 6.07) is 0. The van der Waals surface area contributed by atoms with Crippen molar-refractivity contribution in [1.82, 2.24) is 0 Å². The smallest absolute Gasteiger partial charge is 0.303 e. The molecule has 0 aliphatic heterocycles. The van der Waals surface area contributed by atoms with Crippen molar-refractivity contribution in [3.63, 3.8) is 0 Å². The van der Waals surface area contributed by atoms with Crippen LogP contribution in [0.1, 0.15) is 78.1 Å². The quantitative estimate of drug-likeness (QED) is 0.522. The number of hydrogen-bond acceptors (Lipinski definition) is 1. The summed E-state index contributed by atoms with van der Waals surface area (Å²) in [5.41, 5.74) is 2.12. The average molecular weight is 304 g/mol. The van der Waals surface area contributed by atoms with Gasteiger partial charge >= 0.3 is 5.97 Å². The summed E-state index contributed by atoms with van der Waals surface area (Å²) in [5.74, 6) is 1.07. The van der Waals surface area contributed by atoms with E-state index in [0.717, 1.165) is 24.7 Å². The molecule has 0 unspecified atom stereocenters. The van der Waals surface area contributed by atoms with E-state index in [9.17, 15) is 4.79 Å². The van der Waals surface area contributed by atoms with Crippen molar-refractivity contribution in [1.29, 1.82) is 0 Å². The van der Waals surface area contributed by atoms with Crippen LogP contribution in [0, 0.1) is 17.3 Å². The lowest BCUT2D eigenvalue weighted by Crippen LogP contribution is -2.47. The Balaban J connectivity index is 1.51. The third kappa shape index (κ3) is 4.47. The first-order chi connectivity index (χ1) is 10.5. The second-order valence-corrected chi connectivity index (χ2v) is 7.70. The van der Waals surface area contributed by atoms with Crippen LogP contribution in [0.25, 0.3) is 0 Å². The van der Waals surface area contributed by atoms with E-state index >= 15 is 0 Å². The third-order valence-corrected chi connectivity index (χ3v) is 5.83. The Morgan fingerprint density at radius 3 is 2.55 bits per heavy atom. The van der Waals surface area contributed by atoms with E-state index in [1.165, 1.54) is 44.9 Å². The van der Waals surface area contributed by atoms with Crippen LogP contribution < -0.4 is 0 Å². The molecule has 1 fully saturated rings. The first kappa shape index (κ1) is 17.3. The van der Waals surface area contributed by atoms with Crippen LogP contribution in [-0.4, -0.2) is 11.1 Å². The fraction of sp³-hybridized carbons (Fsp3) is 0.750. The van der Waals surface area contributed by atoms with Crippen LogP contribution in [0.5, 0.6) is 0 Å². The Labute approximate surface area is 135 Å². The van der Waals surface area contributed by atoms with Gasteiger partial charge in [-0.3, -0.25) is 4.79 Å². The van der Waals surface area contributed by atoms with Gasteiger partial charge in [-0.25, -0.2) is 0 Å². The Hall–Kier alpha value is -1.05. The van der Waals surface area contributed by atoms with Crippen LogP contribution in [0.4, 0.5) is 0 Å². The zero-order chi connectivity index (χ0) is 16.0. The normalized spacial score (nSPS) is 25.8. The number of aliphatic carboxylic acids is 1. The van der Waals surface area contributed by atoms with E-state index in [4.69, 9.17) is 5.11 Å². The summed E-state index contributed by atoms with van der Waals surface area (Å²) in [6.07, 6.45) is 18.3. The van der Waals surface area contributed by atoms with Gasteiger partial charge in [0.15, 0.2) is 0 Å². The molecule has 0 aromatic carbocycles. The Kier molecular flexibility index (Phi) is 6.28. The summed E-state index contributed by atoms with van der Waals surface area (Å²) in [5, 5.41) is 8.56. The van der Waals surface area contributed by atoms with Crippen molar-refractivity contribution in [3.05, 3.63) is 23.8 Å². The fourth-order valence-electron chi connectivity index (χ4n) is 4.05. The third-order valence-electron chi connectivity index (χ3n) is 5.83. The maximum Gasteiger partial charge on any atom is 0.303 e. The minimum Gasteiger partial charge on any atom is -0.481 e. The van der Waals surface area contributed by atoms with Crippen LogP contribution >= 0.6 is 0 Å². The molecule has 3 aliphatic rings. The minimum absolute atomic E-state index is 0.330. The van der Waals surface area contributed by atoms with Crippen molar-refractivity contribution in [2.75, 3.05) is 0 Å². The van der Waals surface area contributed by atoms with Gasteiger partial charge in [0.2, 0.25) is 0 Å². The first-order valence-electron chi connectivity index (χ1n) is 9.10. The summed E-state index contributed by atoms with van der Waals surface area (Å²) in [6.45, 7) is 4.86. The standard InChI is InChI=1S/C20H32O2/c1-20(2)17-14-13-16(18(20)15-17)11-9-7-5-3-4-6-8-10-12-19(21)22/h9,11,13,17-18H,3-8,10,12,14-15H2,1-2H3,(H,21,22)/t17-,18-/m0/s1. The lowest BCUT2D eigenvalue weighted by atomic mass is 9.49. The molecular weight excluding hydrogens is 272 g/mol. The summed E-state index contributed by atoms with van der Waals surface area (Å²) < 4.78 is 0. The van der Waals surface area contributed by atoms with Crippen molar-refractivity contribution < 1.29 is 9.90 Å². The lowest BCUT2D eigenvalue weighted by Gasteiger charge is -2.56. The molecule has 0 radical (unpaired) electrons. The summed E-state index contributed by atoms with van der Waals surface area (Å²) in [4.78, 5) is 10.4. The van der Waals surface area contributed by atoms with Gasteiger partial charge in [-0.05, 0) is 54.9 Å². The molecule has 0 saturated heterocycles. The maximum atomic E-state index is 10.4. The number of allylic oxidation sites excluding steroid dienone is 4. The largest absolute Gasteiger partial charge is 0.481 e. The predicted octanol–water partition coefficient (Wildman–Crippen LogP) is 5.74. The molecule has 1 saturated carbocycles. The number of fused-ring (bicyclic) bond motifs is 1. The molecule has 0 aromatic heterocycles. The van der Waals surface area contributed by atoms with Gasteiger partial charge in [-0.1, -0.05) is 57.8 Å². The topological polar surface area (TPSA) is 37.3 Å². The minimum atomic E-state index is -0.664. The molecule has 2 bridgehead atoms. The van der Waals surface area contributed by atoms with E-state index < -0.39 is 5.97 Å². The number of unbranched alkanes of at least 4 members (excludes halogenated alkanes) is 6. The summed E-state index contributed by atoms with van der Waals surface area (Å²) in [7, 11) is 0. The number of rotatable bonds is 10. The molecule has 3 rings (SSSR count). The maximum absolute atomic E-state index is 10.4. The number of carbonyl (C=O) groups is 1. The van der Waals surface area contributed by atoms with Gasteiger partial charge < -0.3 is 5.11 Å². The van der Waals surface area contributed by atoms with Gasteiger partial charge in [0.05, 0.1) is 0 Å². The highest BCUT2D eigenvalue weighted by Gasteiger charge is 2.50. The van der Waals surface area contributed by atoms with Crippen molar-refractivity contribution in [2.45, 2.75) is 78.1 Å². The highest BCUT2D eigenvalue weighted by Crippen LogP contribution is 2.59. The van der Waals surface area contributed by atoms with E-state index in [0.29, 0.717) is 11.8 Å². The van der Waals surface area contributed by atoms with Gasteiger partial charge in [-0.15, -0.1) is 0 Å². The second-order valence-electron chi connectivity index (χ2n) is 7.70. The molecule has 2 nitrogen and oxygen atoms in total. The van der Waals surface area contributed by atoms with Gasteiger partial charge in [-0.2, -0.15) is 0 Å². The molecule has 22 heavy (non-hydrogen) atoms. The number of carboxylic acid groups (broad SMARTS) is 1. The van der Waals surface area contributed by atoms with Crippen LogP contribution in [0.2, 0.25) is 0 Å². The van der Waals surface area contributed by atoms with Crippen LogP contribution in [0.3, 0.4) is 0 Å². The number of hydrogen-bond donors (Lipinski definition) is 1. The van der Waals surface area contributed by atoms with E-state index in [1.54, 1.807) is 5.57 Å². The Morgan fingerprint density at radius 1 is 1.23 bits per heavy atom. The van der Waals surface area contributed by atoms with Crippen molar-refractivity contribution in [3.8, 4) is 0 Å². The molecule has 124 valence electrons. The monoisotopic (exact) mass is 304 g/mol. The van der Waals surface area contributed by atoms with Gasteiger partial charge in [0.25, 0.3) is 0 Å². The Morgan fingerprint density at radius 2 is 1.91 bits per heavy atom. The fourth-order valence-corrected chi connectivity index (χ4v) is 4.05. The molecule has 2 heteroatoms. The molecule has 2 atom stereocenters. The molecule has 0 spiro atoms. The Bertz CT molecular complexity index is 431. The van der Waals surface area contributed by atoms with E-state index in [1.807, 2.05) is 0 Å². The van der Waals surface area contributed by atoms with E-state index in [-0.39, 0.29) is 0 Å². The predicted molar refractivity (Wildman–Crippen MR) is 91.8 cm³/mol. The highest BCUT2D eigenvalue weighted by atomic mass is 16.4. The second kappa shape index (κ2) is 7.99. The van der Waals surface area contributed by atoms with Gasteiger partial charge in [0, 0.05) is 6.42 Å². The summed E-state index contributed by atoms with van der Waals surface area (Å²) >= 11 is 0. The van der Waals surface area contributed by atoms with Crippen LogP contribution in [0.15, 0.2) is 23.8 Å². The molecule has 3 aliphatic carbocycles. The number of carboxylic acids is 1. The van der Waals surface area contributed by atoms with Crippen molar-refractivity contribution >= 4 is 5.97 Å². The lowest BCUT2D eigenvalue weighted by molar-refractivity contribution is -0.137. The zero-order valence-corrected chi connectivity index (χ0v) is 14.3. The zero-order valence-electron chi connectivity index (χ0n) is 14.3. The highest BCUT2D eigenvalue weighted by molar-refractivity contribution is 5.66. The van der Waals surface area contributed by atoms with Gasteiger partial charge in [0.1, 0.15) is 0 Å². The molecule has 1 N–H and O–H groups in total. The molecule has 0 amide bonds. The van der Waals surface area contributed by atoms with Crippen molar-refractivity contribution in [2.24, 2.45) is 17.3 Å². The van der Waals surface area contributed by atoms with Crippen LogP contribution in [-0.2, 0) is 4.79 Å². The molecular formula is C20H32O2. The molecule has 0 heterocycles. The van der Waals surface area contributed by atoms with E-state index in [2.05, 4.69) is 32.1 Å². The SMILES string of the molecule is CC1(C)[C@H]2CC=C(C=CCCCCCCCCC(=O)O)[C@@H]1C2.